The van der Waals surface area contributed by atoms with Gasteiger partial charge in [-0.05, 0) is 19.4 Å². The van der Waals surface area contributed by atoms with Gasteiger partial charge in [0.25, 0.3) is 0 Å². The Hall–Kier alpha value is -3.10. The number of ether oxygens (including phenoxy) is 2. The Morgan fingerprint density at radius 1 is 1.07 bits per heavy atom. The van der Waals surface area contributed by atoms with E-state index >= 15 is 0 Å². The summed E-state index contributed by atoms with van der Waals surface area (Å²) in [5.74, 6) is -1.65. The number of piperazine rings is 1. The maximum absolute atomic E-state index is 12.8. The molecule has 0 unspecified atom stereocenters. The minimum atomic E-state index is -1.04. The fraction of sp³-hybridized carbons (Fsp3) is 0.500. The molecule has 0 aromatic heterocycles. The van der Waals surface area contributed by atoms with E-state index in [0.717, 1.165) is 5.56 Å². The molecule has 1 aromatic rings. The number of carbonyl (C=O) groups excluding carboxylic acids is 3. The molecule has 3 rings (SSSR count). The normalized spacial score (nSPS) is 21.9. The van der Waals surface area contributed by atoms with Crippen molar-refractivity contribution in [2.24, 2.45) is 10.9 Å². The molecule has 2 aliphatic rings. The highest BCUT2D eigenvalue weighted by Gasteiger charge is 2.42. The lowest BCUT2D eigenvalue weighted by atomic mass is 9.91. The highest BCUT2D eigenvalue weighted by atomic mass is 16.6. The largest absolute Gasteiger partial charge is 0.465 e. The molecular formula is C20H26N4O5. The summed E-state index contributed by atoms with van der Waals surface area (Å²) in [5, 5.41) is 2.75. The number of hydrogen-bond acceptors (Lipinski definition) is 7. The van der Waals surface area contributed by atoms with Crippen molar-refractivity contribution < 1.29 is 23.9 Å². The van der Waals surface area contributed by atoms with Crippen molar-refractivity contribution in [2.75, 3.05) is 39.4 Å². The molecule has 1 N–H and O–H groups in total. The van der Waals surface area contributed by atoms with Gasteiger partial charge in [0.2, 0.25) is 11.9 Å². The van der Waals surface area contributed by atoms with E-state index in [4.69, 9.17) is 14.5 Å². The van der Waals surface area contributed by atoms with Crippen LogP contribution in [0.3, 0.4) is 0 Å². The molecule has 0 spiro atoms. The molecule has 2 amide bonds. The first-order valence-corrected chi connectivity index (χ1v) is 9.82. The zero-order chi connectivity index (χ0) is 20.8. The van der Waals surface area contributed by atoms with Gasteiger partial charge >= 0.3 is 12.1 Å². The smallest absolute Gasteiger partial charge is 0.409 e. The van der Waals surface area contributed by atoms with Crippen LogP contribution in [0, 0.1) is 5.92 Å². The quantitative estimate of drug-likeness (QED) is 0.599. The monoisotopic (exact) mass is 402 g/mol. The molecule has 156 valence electrons. The highest BCUT2D eigenvalue weighted by Crippen LogP contribution is 2.30. The molecule has 0 radical (unpaired) electrons. The molecule has 1 aromatic carbocycles. The van der Waals surface area contributed by atoms with E-state index in [-0.39, 0.29) is 12.7 Å². The van der Waals surface area contributed by atoms with Crippen molar-refractivity contribution >= 4 is 23.9 Å². The lowest BCUT2D eigenvalue weighted by Crippen LogP contribution is -2.58. The van der Waals surface area contributed by atoms with Gasteiger partial charge in [0.05, 0.1) is 13.2 Å². The van der Waals surface area contributed by atoms with Crippen molar-refractivity contribution in [3.05, 3.63) is 35.9 Å². The average molecular weight is 402 g/mol. The zero-order valence-corrected chi connectivity index (χ0v) is 16.7. The van der Waals surface area contributed by atoms with Gasteiger partial charge in [-0.3, -0.25) is 14.9 Å². The van der Waals surface area contributed by atoms with Gasteiger partial charge in [0.1, 0.15) is 6.04 Å². The number of benzene rings is 1. The van der Waals surface area contributed by atoms with E-state index in [1.165, 1.54) is 0 Å². The summed E-state index contributed by atoms with van der Waals surface area (Å²) in [6, 6.07) is 8.58. The number of amides is 2. The number of nitrogens with one attached hydrogen (secondary N) is 1. The SMILES string of the molecule is CCOC(=O)[C@@H]1C(=O)NC(N2CCN(C(=O)OCC)CC2)=N[C@@H]1c1ccccc1. The maximum Gasteiger partial charge on any atom is 0.409 e. The summed E-state index contributed by atoms with van der Waals surface area (Å²) < 4.78 is 10.1. The summed E-state index contributed by atoms with van der Waals surface area (Å²) in [4.78, 5) is 45.3. The minimum absolute atomic E-state index is 0.191. The molecule has 29 heavy (non-hydrogen) atoms. The standard InChI is InChI=1S/C20H26N4O5/c1-3-28-18(26)15-16(14-8-6-5-7-9-14)21-19(22-17(15)25)23-10-12-24(13-11-23)20(27)29-4-2/h5-9,15-16H,3-4,10-13H2,1-2H3,(H,21,22,25)/t15-,16+/m0/s1. The zero-order valence-electron chi connectivity index (χ0n) is 16.7. The Morgan fingerprint density at radius 3 is 2.34 bits per heavy atom. The van der Waals surface area contributed by atoms with Crippen LogP contribution in [-0.2, 0) is 19.1 Å². The first-order chi connectivity index (χ1) is 14.0. The van der Waals surface area contributed by atoms with Gasteiger partial charge in [0.15, 0.2) is 5.92 Å². The second-order valence-corrected chi connectivity index (χ2v) is 6.70. The second kappa shape index (κ2) is 9.40. The van der Waals surface area contributed by atoms with Crippen LogP contribution < -0.4 is 5.32 Å². The Labute approximate surface area is 169 Å². The van der Waals surface area contributed by atoms with Gasteiger partial charge < -0.3 is 19.3 Å². The van der Waals surface area contributed by atoms with Crippen LogP contribution in [0.5, 0.6) is 0 Å². The van der Waals surface area contributed by atoms with Crippen LogP contribution in [0.4, 0.5) is 4.79 Å². The Bertz CT molecular complexity index is 774. The third kappa shape index (κ3) is 4.67. The Morgan fingerprint density at radius 2 is 1.72 bits per heavy atom. The number of hydrogen-bond donors (Lipinski definition) is 1. The van der Waals surface area contributed by atoms with Crippen molar-refractivity contribution in [1.82, 2.24) is 15.1 Å². The molecule has 2 atom stereocenters. The third-order valence-corrected chi connectivity index (χ3v) is 4.88. The van der Waals surface area contributed by atoms with Crippen LogP contribution in [0.25, 0.3) is 0 Å². The molecule has 0 bridgehead atoms. The predicted molar refractivity (Wildman–Crippen MR) is 105 cm³/mol. The van der Waals surface area contributed by atoms with Crippen LogP contribution in [0.2, 0.25) is 0 Å². The lowest BCUT2D eigenvalue weighted by Gasteiger charge is -2.38. The molecule has 2 heterocycles. The Kier molecular flexibility index (Phi) is 6.69. The maximum atomic E-state index is 12.8. The molecule has 9 heteroatoms. The molecule has 2 aliphatic heterocycles. The summed E-state index contributed by atoms with van der Waals surface area (Å²) in [5.41, 5.74) is 0.767. The van der Waals surface area contributed by atoms with Crippen LogP contribution in [0.1, 0.15) is 25.5 Å². The highest BCUT2D eigenvalue weighted by molar-refractivity contribution is 6.08. The van der Waals surface area contributed by atoms with E-state index < -0.39 is 23.8 Å². The van der Waals surface area contributed by atoms with Crippen molar-refractivity contribution in [3.63, 3.8) is 0 Å². The average Bonchev–Trinajstić information content (AvgIpc) is 2.74. The third-order valence-electron chi connectivity index (χ3n) is 4.88. The summed E-state index contributed by atoms with van der Waals surface area (Å²) >= 11 is 0. The van der Waals surface area contributed by atoms with Gasteiger partial charge in [-0.2, -0.15) is 0 Å². The second-order valence-electron chi connectivity index (χ2n) is 6.70. The van der Waals surface area contributed by atoms with Crippen LogP contribution in [0.15, 0.2) is 35.3 Å². The molecule has 9 nitrogen and oxygen atoms in total. The lowest BCUT2D eigenvalue weighted by molar-refractivity contribution is -0.153. The molecule has 1 fully saturated rings. The van der Waals surface area contributed by atoms with Gasteiger partial charge in [-0.15, -0.1) is 0 Å². The first kappa shape index (κ1) is 20.6. The van der Waals surface area contributed by atoms with Crippen molar-refractivity contribution in [2.45, 2.75) is 19.9 Å². The molecule has 0 aliphatic carbocycles. The number of carbonyl (C=O) groups is 3. The number of nitrogens with zero attached hydrogens (tertiary/aromatic N) is 3. The molecule has 0 saturated carbocycles. The fourth-order valence-corrected chi connectivity index (χ4v) is 3.43. The van der Waals surface area contributed by atoms with Gasteiger partial charge in [0, 0.05) is 26.2 Å². The summed E-state index contributed by atoms with van der Waals surface area (Å²) in [6.45, 7) is 5.92. The number of rotatable bonds is 4. The topological polar surface area (TPSA) is 101 Å². The fourth-order valence-electron chi connectivity index (χ4n) is 3.43. The number of esters is 1. The van der Waals surface area contributed by atoms with E-state index in [9.17, 15) is 14.4 Å². The van der Waals surface area contributed by atoms with E-state index in [1.54, 1.807) is 18.7 Å². The predicted octanol–water partition coefficient (Wildman–Crippen LogP) is 1.17. The first-order valence-electron chi connectivity index (χ1n) is 9.82. The molecular weight excluding hydrogens is 376 g/mol. The van der Waals surface area contributed by atoms with Crippen LogP contribution in [-0.4, -0.2) is 73.1 Å². The number of guanidine groups is 1. The van der Waals surface area contributed by atoms with Gasteiger partial charge in [-0.25, -0.2) is 9.79 Å². The van der Waals surface area contributed by atoms with Gasteiger partial charge in [-0.1, -0.05) is 30.3 Å². The minimum Gasteiger partial charge on any atom is -0.465 e. The summed E-state index contributed by atoms with van der Waals surface area (Å²) in [6.07, 6.45) is -0.341. The Balaban J connectivity index is 1.80. The molecule has 1 saturated heterocycles. The van der Waals surface area contributed by atoms with E-state index in [0.29, 0.717) is 38.7 Å². The van der Waals surface area contributed by atoms with E-state index in [2.05, 4.69) is 5.32 Å². The van der Waals surface area contributed by atoms with Crippen molar-refractivity contribution in [1.29, 1.82) is 0 Å². The van der Waals surface area contributed by atoms with E-state index in [1.807, 2.05) is 35.2 Å². The van der Waals surface area contributed by atoms with Crippen LogP contribution >= 0.6 is 0 Å². The van der Waals surface area contributed by atoms with Crippen molar-refractivity contribution in [3.8, 4) is 0 Å². The number of aliphatic imine (C=N–C) groups is 1. The summed E-state index contributed by atoms with van der Waals surface area (Å²) in [7, 11) is 0.